The molecule has 1 aromatic carbocycles. The van der Waals surface area contributed by atoms with Crippen LogP contribution in [0.4, 0.5) is 0 Å². The van der Waals surface area contributed by atoms with Crippen molar-refractivity contribution >= 4 is 5.91 Å². The molecular weight excluding hydrogens is 252 g/mol. The summed E-state index contributed by atoms with van der Waals surface area (Å²) in [6, 6.07) is 7.66. The van der Waals surface area contributed by atoms with Crippen molar-refractivity contribution in [2.75, 3.05) is 13.6 Å². The first-order valence-electron chi connectivity index (χ1n) is 6.67. The molecule has 1 atom stereocenters. The Labute approximate surface area is 119 Å². The van der Waals surface area contributed by atoms with Gasteiger partial charge in [0.05, 0.1) is 11.9 Å². The highest BCUT2D eigenvalue weighted by atomic mass is 16.1. The molecule has 0 aliphatic heterocycles. The van der Waals surface area contributed by atoms with E-state index in [0.717, 1.165) is 11.3 Å². The number of rotatable bonds is 5. The van der Waals surface area contributed by atoms with Crippen LogP contribution in [0.3, 0.4) is 0 Å². The molecule has 0 fully saturated rings. The lowest BCUT2D eigenvalue weighted by Gasteiger charge is -2.11. The zero-order chi connectivity index (χ0) is 14.5. The highest BCUT2D eigenvalue weighted by molar-refractivity contribution is 5.94. The van der Waals surface area contributed by atoms with Gasteiger partial charge in [-0.3, -0.25) is 4.79 Å². The quantitative estimate of drug-likeness (QED) is 0.867. The van der Waals surface area contributed by atoms with Crippen LogP contribution in [-0.2, 0) is 0 Å². The van der Waals surface area contributed by atoms with Gasteiger partial charge in [-0.25, -0.2) is 4.68 Å². The molecule has 5 nitrogen and oxygen atoms in total. The fraction of sp³-hybridized carbons (Fsp3) is 0.333. The highest BCUT2D eigenvalue weighted by Crippen LogP contribution is 2.10. The lowest BCUT2D eigenvalue weighted by atomic mass is 10.2. The van der Waals surface area contributed by atoms with Crippen LogP contribution in [0.2, 0.25) is 0 Å². The van der Waals surface area contributed by atoms with Crippen LogP contribution < -0.4 is 10.6 Å². The second kappa shape index (κ2) is 6.34. The topological polar surface area (TPSA) is 58.9 Å². The number of nitrogens with zero attached hydrogens (tertiary/aromatic N) is 2. The van der Waals surface area contributed by atoms with Crippen LogP contribution in [0.25, 0.3) is 5.69 Å². The number of aromatic nitrogens is 2. The Hall–Kier alpha value is -2.14. The monoisotopic (exact) mass is 272 g/mol. The molecule has 0 aliphatic carbocycles. The molecule has 2 aromatic rings. The molecule has 2 rings (SSSR count). The van der Waals surface area contributed by atoms with Crippen molar-refractivity contribution in [3.8, 4) is 5.69 Å². The van der Waals surface area contributed by atoms with Crippen LogP contribution >= 0.6 is 0 Å². The Balaban J connectivity index is 2.02. The molecule has 20 heavy (non-hydrogen) atoms. The largest absolute Gasteiger partial charge is 0.350 e. The molecule has 5 heteroatoms. The predicted octanol–water partition coefficient (Wildman–Crippen LogP) is 1.52. The first-order chi connectivity index (χ1) is 9.60. The second-order valence-corrected chi connectivity index (χ2v) is 4.91. The molecule has 0 bridgehead atoms. The van der Waals surface area contributed by atoms with Crippen LogP contribution in [0.1, 0.15) is 22.8 Å². The number of benzene rings is 1. The minimum atomic E-state index is -0.0599. The Bertz CT molecular complexity index is 574. The molecule has 106 valence electrons. The molecule has 1 unspecified atom stereocenters. The molecule has 0 radical (unpaired) electrons. The van der Waals surface area contributed by atoms with Crippen LogP contribution in [0.15, 0.2) is 36.7 Å². The number of carbonyl (C=O) groups is 1. The van der Waals surface area contributed by atoms with Gasteiger partial charge in [0.1, 0.15) is 0 Å². The van der Waals surface area contributed by atoms with Crippen molar-refractivity contribution in [1.82, 2.24) is 20.4 Å². The molecular formula is C15H20N4O. The highest BCUT2D eigenvalue weighted by Gasteiger charge is 2.07. The van der Waals surface area contributed by atoms with E-state index < -0.39 is 0 Å². The first-order valence-corrected chi connectivity index (χ1v) is 6.67. The molecule has 2 N–H and O–H groups in total. The summed E-state index contributed by atoms with van der Waals surface area (Å²) in [5.74, 6) is -0.0599. The molecule has 0 aliphatic rings. The van der Waals surface area contributed by atoms with E-state index in [-0.39, 0.29) is 11.9 Å². The Morgan fingerprint density at radius 3 is 2.60 bits per heavy atom. The second-order valence-electron chi connectivity index (χ2n) is 4.91. The van der Waals surface area contributed by atoms with Gasteiger partial charge < -0.3 is 10.6 Å². The van der Waals surface area contributed by atoms with Crippen LogP contribution in [0.5, 0.6) is 0 Å². The summed E-state index contributed by atoms with van der Waals surface area (Å²) in [6.07, 6.45) is 3.75. The maximum atomic E-state index is 12.0. The molecule has 1 heterocycles. The van der Waals surface area contributed by atoms with E-state index in [1.54, 1.807) is 10.9 Å². The molecule has 1 amide bonds. The van der Waals surface area contributed by atoms with Crippen molar-refractivity contribution in [1.29, 1.82) is 0 Å². The van der Waals surface area contributed by atoms with E-state index in [1.807, 2.05) is 51.4 Å². The van der Waals surface area contributed by atoms with E-state index >= 15 is 0 Å². The Morgan fingerprint density at radius 1 is 1.35 bits per heavy atom. The van der Waals surface area contributed by atoms with Crippen LogP contribution in [0, 0.1) is 6.92 Å². The van der Waals surface area contributed by atoms with E-state index in [1.165, 1.54) is 0 Å². The number of hydrogen-bond acceptors (Lipinski definition) is 3. The average Bonchev–Trinajstić information content (AvgIpc) is 2.91. The van der Waals surface area contributed by atoms with Gasteiger partial charge in [-0.05, 0) is 50.7 Å². The zero-order valence-corrected chi connectivity index (χ0v) is 12.1. The molecule has 0 spiro atoms. The van der Waals surface area contributed by atoms with Gasteiger partial charge in [0.25, 0.3) is 5.91 Å². The van der Waals surface area contributed by atoms with Gasteiger partial charge in [-0.2, -0.15) is 5.10 Å². The predicted molar refractivity (Wildman–Crippen MR) is 79.2 cm³/mol. The lowest BCUT2D eigenvalue weighted by molar-refractivity contribution is 0.0950. The summed E-state index contributed by atoms with van der Waals surface area (Å²) >= 11 is 0. The zero-order valence-electron chi connectivity index (χ0n) is 12.1. The van der Waals surface area contributed by atoms with E-state index in [4.69, 9.17) is 0 Å². The minimum Gasteiger partial charge on any atom is -0.350 e. The van der Waals surface area contributed by atoms with Crippen molar-refractivity contribution in [2.45, 2.75) is 19.9 Å². The SMILES string of the molecule is CNC(C)CNC(=O)c1ccc(-n2cc(C)cn2)cc1. The van der Waals surface area contributed by atoms with Gasteiger partial charge in [-0.1, -0.05) is 0 Å². The van der Waals surface area contributed by atoms with Gasteiger partial charge >= 0.3 is 0 Å². The first kappa shape index (κ1) is 14.3. The van der Waals surface area contributed by atoms with Gasteiger partial charge in [-0.15, -0.1) is 0 Å². The van der Waals surface area contributed by atoms with Crippen molar-refractivity contribution in [3.05, 3.63) is 47.8 Å². The number of nitrogens with one attached hydrogen (secondary N) is 2. The number of likely N-dealkylation sites (N-methyl/N-ethyl adjacent to an activating group) is 1. The van der Waals surface area contributed by atoms with Gasteiger partial charge in [0.15, 0.2) is 0 Å². The standard InChI is InChI=1S/C15H20N4O/c1-11-8-18-19(10-11)14-6-4-13(5-7-14)15(20)17-9-12(2)16-3/h4-8,10,12,16H,9H2,1-3H3,(H,17,20). The summed E-state index contributed by atoms with van der Waals surface area (Å²) in [5, 5.41) is 10.2. The number of hydrogen-bond donors (Lipinski definition) is 2. The minimum absolute atomic E-state index is 0.0599. The van der Waals surface area contributed by atoms with Gasteiger partial charge in [0.2, 0.25) is 0 Å². The molecule has 1 aromatic heterocycles. The maximum absolute atomic E-state index is 12.0. The Morgan fingerprint density at radius 2 is 2.05 bits per heavy atom. The number of amides is 1. The summed E-state index contributed by atoms with van der Waals surface area (Å²) in [4.78, 5) is 12.0. The summed E-state index contributed by atoms with van der Waals surface area (Å²) in [7, 11) is 1.87. The normalized spacial score (nSPS) is 12.2. The third-order valence-electron chi connectivity index (χ3n) is 3.17. The van der Waals surface area contributed by atoms with E-state index in [0.29, 0.717) is 12.1 Å². The fourth-order valence-electron chi connectivity index (χ4n) is 1.77. The smallest absolute Gasteiger partial charge is 0.251 e. The van der Waals surface area contributed by atoms with Gasteiger partial charge in [0, 0.05) is 24.3 Å². The number of carbonyl (C=O) groups excluding carboxylic acids is 1. The molecule has 0 saturated carbocycles. The fourth-order valence-corrected chi connectivity index (χ4v) is 1.77. The lowest BCUT2D eigenvalue weighted by Crippen LogP contribution is -2.37. The van der Waals surface area contributed by atoms with Crippen molar-refractivity contribution < 1.29 is 4.79 Å². The number of aryl methyl sites for hydroxylation is 1. The van der Waals surface area contributed by atoms with Crippen molar-refractivity contribution in [3.63, 3.8) is 0 Å². The average molecular weight is 272 g/mol. The molecule has 0 saturated heterocycles. The van der Waals surface area contributed by atoms with Crippen molar-refractivity contribution in [2.24, 2.45) is 0 Å². The Kier molecular flexibility index (Phi) is 4.53. The third kappa shape index (κ3) is 3.45. The summed E-state index contributed by atoms with van der Waals surface area (Å²) in [6.45, 7) is 4.62. The third-order valence-corrected chi connectivity index (χ3v) is 3.17. The van der Waals surface area contributed by atoms with E-state index in [2.05, 4.69) is 15.7 Å². The maximum Gasteiger partial charge on any atom is 0.251 e. The summed E-state index contributed by atoms with van der Waals surface area (Å²) < 4.78 is 1.79. The van der Waals surface area contributed by atoms with E-state index in [9.17, 15) is 4.79 Å². The summed E-state index contributed by atoms with van der Waals surface area (Å²) in [5.41, 5.74) is 2.70. The van der Waals surface area contributed by atoms with Crippen LogP contribution in [-0.4, -0.2) is 35.3 Å².